The van der Waals surface area contributed by atoms with Gasteiger partial charge in [-0.15, -0.1) is 0 Å². The Bertz CT molecular complexity index is 1780. The van der Waals surface area contributed by atoms with Crippen LogP contribution in [0.3, 0.4) is 0 Å². The third kappa shape index (κ3) is 4.07. The van der Waals surface area contributed by atoms with Crippen molar-refractivity contribution in [2.45, 2.75) is 38.0 Å². The van der Waals surface area contributed by atoms with Crippen LogP contribution in [-0.4, -0.2) is 80.7 Å². The number of carbonyl (C=O) groups excluding carboxylic acids is 3. The van der Waals surface area contributed by atoms with Crippen LogP contribution >= 0.6 is 0 Å². The van der Waals surface area contributed by atoms with Crippen molar-refractivity contribution in [3.8, 4) is 0 Å². The molecule has 1 saturated heterocycles. The Morgan fingerprint density at radius 2 is 1.85 bits per heavy atom. The number of amides is 3. The third-order valence-electron chi connectivity index (χ3n) is 8.67. The van der Waals surface area contributed by atoms with Crippen LogP contribution in [0.1, 0.15) is 29.7 Å². The van der Waals surface area contributed by atoms with E-state index < -0.39 is 23.8 Å². The number of nitrogens with one attached hydrogen (secondary N) is 2. The number of fused-ring (bicyclic) bond motifs is 1. The SMILES string of the molecule is CN(C)C1CCN(C(=O)C2Cn3c(F)cc4c(C5=C(c6cnc7ccccn67)C(=O)NC5=O)ccc(c43)CN2)CC1. The number of piperidine rings is 1. The molecule has 1 unspecified atom stereocenters. The largest absolute Gasteiger partial charge is 0.341 e. The maximum Gasteiger partial charge on any atom is 0.261 e. The highest BCUT2D eigenvalue weighted by molar-refractivity contribution is 6.49. The average Bonchev–Trinajstić information content (AvgIpc) is 3.57. The first kappa shape index (κ1) is 25.6. The molecule has 0 aliphatic carbocycles. The Morgan fingerprint density at radius 1 is 1.07 bits per heavy atom. The number of pyridine rings is 1. The van der Waals surface area contributed by atoms with Gasteiger partial charge in [0.05, 0.1) is 28.6 Å². The summed E-state index contributed by atoms with van der Waals surface area (Å²) in [7, 11) is 4.12. The molecule has 11 heteroatoms. The van der Waals surface area contributed by atoms with E-state index >= 15 is 4.39 Å². The zero-order valence-corrected chi connectivity index (χ0v) is 22.9. The topological polar surface area (TPSA) is 104 Å². The Hall–Kier alpha value is -4.35. The number of likely N-dealkylation sites (tertiary alicyclic amines) is 1. The lowest BCUT2D eigenvalue weighted by atomic mass is 9.95. The Labute approximate surface area is 235 Å². The molecule has 3 aliphatic rings. The molecular weight excluding hydrogens is 525 g/mol. The molecule has 1 atom stereocenters. The van der Waals surface area contributed by atoms with Gasteiger partial charge in [-0.1, -0.05) is 18.2 Å². The van der Waals surface area contributed by atoms with Crippen LogP contribution in [0, 0.1) is 5.95 Å². The zero-order valence-electron chi connectivity index (χ0n) is 22.9. The molecule has 2 N–H and O–H groups in total. The zero-order chi connectivity index (χ0) is 28.4. The second-order valence-electron chi connectivity index (χ2n) is 11.2. The maximum atomic E-state index is 15.6. The van der Waals surface area contributed by atoms with E-state index in [4.69, 9.17) is 0 Å². The van der Waals surface area contributed by atoms with Gasteiger partial charge >= 0.3 is 0 Å². The van der Waals surface area contributed by atoms with Crippen molar-refractivity contribution in [2.24, 2.45) is 0 Å². The fourth-order valence-corrected chi connectivity index (χ4v) is 6.50. The number of imide groups is 1. The van der Waals surface area contributed by atoms with Gasteiger partial charge < -0.3 is 19.7 Å². The molecule has 7 rings (SSSR count). The molecule has 0 saturated carbocycles. The number of rotatable bonds is 4. The van der Waals surface area contributed by atoms with E-state index in [1.807, 2.05) is 29.2 Å². The van der Waals surface area contributed by atoms with Crippen LogP contribution in [0.5, 0.6) is 0 Å². The molecule has 0 bridgehead atoms. The van der Waals surface area contributed by atoms with Gasteiger partial charge in [-0.25, -0.2) is 4.98 Å². The standard InChI is InChI=1S/C30H30FN7O3/c1-35(2)18-8-11-36(12-9-18)30(41)21-16-38-23(31)13-20-19(7-6-17(14-32-21)27(20)38)25-26(29(40)34-28(25)39)22-15-33-24-5-3-4-10-37(22)24/h3-7,10,13,15,18,21,32H,8-9,11-12,14,16H2,1-2H3,(H,34,39,40). The summed E-state index contributed by atoms with van der Waals surface area (Å²) >= 11 is 0. The Kier molecular flexibility index (Phi) is 6.02. The predicted molar refractivity (Wildman–Crippen MR) is 151 cm³/mol. The minimum Gasteiger partial charge on any atom is -0.341 e. The minimum absolute atomic E-state index is 0.0325. The molecular formula is C30H30FN7O3. The van der Waals surface area contributed by atoms with Crippen LogP contribution in [0.15, 0.2) is 48.8 Å². The van der Waals surface area contributed by atoms with Gasteiger partial charge in [-0.3, -0.25) is 24.1 Å². The highest BCUT2D eigenvalue weighted by atomic mass is 19.1. The lowest BCUT2D eigenvalue weighted by Gasteiger charge is -2.36. The van der Waals surface area contributed by atoms with E-state index in [9.17, 15) is 14.4 Å². The quantitative estimate of drug-likeness (QED) is 0.374. The summed E-state index contributed by atoms with van der Waals surface area (Å²) in [6.45, 7) is 1.84. The summed E-state index contributed by atoms with van der Waals surface area (Å²) in [5, 5.41) is 6.28. The maximum absolute atomic E-state index is 15.6. The number of hydrogen-bond donors (Lipinski definition) is 2. The minimum atomic E-state index is -0.587. The molecule has 1 fully saturated rings. The number of halogens is 1. The molecule has 0 spiro atoms. The molecule has 0 radical (unpaired) electrons. The summed E-state index contributed by atoms with van der Waals surface area (Å²) in [4.78, 5) is 48.2. The predicted octanol–water partition coefficient (Wildman–Crippen LogP) is 2.02. The average molecular weight is 556 g/mol. The van der Waals surface area contributed by atoms with Crippen molar-refractivity contribution < 1.29 is 18.8 Å². The van der Waals surface area contributed by atoms with E-state index in [-0.39, 0.29) is 23.6 Å². The number of nitrogens with zero attached hydrogens (tertiary/aromatic N) is 5. The van der Waals surface area contributed by atoms with Gasteiger partial charge in [0.2, 0.25) is 5.91 Å². The molecule has 4 aromatic rings. The van der Waals surface area contributed by atoms with Gasteiger partial charge in [-0.05, 0) is 50.2 Å². The fraction of sp³-hybridized carbons (Fsp3) is 0.333. The monoisotopic (exact) mass is 555 g/mol. The first-order valence-corrected chi connectivity index (χ1v) is 13.8. The van der Waals surface area contributed by atoms with Crippen molar-refractivity contribution in [3.63, 3.8) is 0 Å². The van der Waals surface area contributed by atoms with Gasteiger partial charge in [-0.2, -0.15) is 4.39 Å². The number of benzene rings is 1. The molecule has 3 amide bonds. The molecule has 6 heterocycles. The number of hydrogen-bond acceptors (Lipinski definition) is 6. The first-order valence-electron chi connectivity index (χ1n) is 13.8. The van der Waals surface area contributed by atoms with Crippen molar-refractivity contribution in [2.75, 3.05) is 27.2 Å². The van der Waals surface area contributed by atoms with Crippen molar-refractivity contribution >= 4 is 45.4 Å². The van der Waals surface area contributed by atoms with E-state index in [0.29, 0.717) is 53.5 Å². The van der Waals surface area contributed by atoms with Crippen LogP contribution in [-0.2, 0) is 27.5 Å². The second kappa shape index (κ2) is 9.64. The molecule has 1 aromatic carbocycles. The van der Waals surface area contributed by atoms with Crippen LogP contribution in [0.2, 0.25) is 0 Å². The summed E-state index contributed by atoms with van der Waals surface area (Å²) in [6.07, 6.45) is 5.15. The number of aromatic nitrogens is 3. The number of imidazole rings is 1. The van der Waals surface area contributed by atoms with Gasteiger partial charge in [0.1, 0.15) is 11.7 Å². The van der Waals surface area contributed by atoms with Crippen molar-refractivity contribution in [1.29, 1.82) is 0 Å². The van der Waals surface area contributed by atoms with E-state index in [1.54, 1.807) is 22.9 Å². The lowest BCUT2D eigenvalue weighted by Crippen LogP contribution is -2.52. The van der Waals surface area contributed by atoms with Crippen LogP contribution < -0.4 is 10.6 Å². The lowest BCUT2D eigenvalue weighted by molar-refractivity contribution is -0.135. The normalized spacial score (nSPS) is 20.0. The van der Waals surface area contributed by atoms with E-state index in [2.05, 4.69) is 34.6 Å². The van der Waals surface area contributed by atoms with Crippen LogP contribution in [0.4, 0.5) is 4.39 Å². The highest BCUT2D eigenvalue weighted by Gasteiger charge is 2.37. The van der Waals surface area contributed by atoms with Gasteiger partial charge in [0.15, 0.2) is 5.95 Å². The smallest absolute Gasteiger partial charge is 0.261 e. The van der Waals surface area contributed by atoms with E-state index in [1.165, 1.54) is 10.6 Å². The summed E-state index contributed by atoms with van der Waals surface area (Å²) in [5.41, 5.74) is 3.38. The van der Waals surface area contributed by atoms with Crippen molar-refractivity contribution in [3.05, 3.63) is 71.6 Å². The molecule has 3 aliphatic heterocycles. The Morgan fingerprint density at radius 3 is 2.63 bits per heavy atom. The molecule has 210 valence electrons. The summed E-state index contributed by atoms with van der Waals surface area (Å²) < 4.78 is 18.9. The van der Waals surface area contributed by atoms with Crippen LogP contribution in [0.25, 0.3) is 27.7 Å². The Balaban J connectivity index is 1.28. The summed E-state index contributed by atoms with van der Waals surface area (Å²) in [5.74, 6) is -1.60. The van der Waals surface area contributed by atoms with Gasteiger partial charge in [0.25, 0.3) is 11.8 Å². The fourth-order valence-electron chi connectivity index (χ4n) is 6.50. The number of carbonyl (C=O) groups is 3. The summed E-state index contributed by atoms with van der Waals surface area (Å²) in [6, 6.07) is 10.3. The molecule has 10 nitrogen and oxygen atoms in total. The second-order valence-corrected chi connectivity index (χ2v) is 11.2. The molecule has 41 heavy (non-hydrogen) atoms. The third-order valence-corrected chi connectivity index (χ3v) is 8.67. The molecule has 3 aromatic heterocycles. The van der Waals surface area contributed by atoms with Gasteiger partial charge in [0, 0.05) is 49.9 Å². The first-order chi connectivity index (χ1) is 19.8. The highest BCUT2D eigenvalue weighted by Crippen LogP contribution is 2.38. The van der Waals surface area contributed by atoms with E-state index in [0.717, 1.165) is 18.4 Å². The van der Waals surface area contributed by atoms with Crippen molar-refractivity contribution in [1.82, 2.24) is 34.4 Å².